The minimum atomic E-state index is -1.12. The zero-order chi connectivity index (χ0) is 46.3. The van der Waals surface area contributed by atoms with Crippen LogP contribution in [0, 0.1) is 0 Å². The molecule has 0 aliphatic rings. The summed E-state index contributed by atoms with van der Waals surface area (Å²) in [6, 6.07) is -0.723. The quantitative estimate of drug-likeness (QED) is 0.0259. The van der Waals surface area contributed by atoms with E-state index >= 15 is 0 Å². The molecule has 63 heavy (non-hydrogen) atoms. The van der Waals surface area contributed by atoms with Crippen molar-refractivity contribution >= 4 is 17.9 Å². The van der Waals surface area contributed by atoms with E-state index in [1.54, 1.807) is 0 Å². The van der Waals surface area contributed by atoms with Gasteiger partial charge in [-0.25, -0.2) is 0 Å². The second kappa shape index (κ2) is 46.6. The topological polar surface area (TPSA) is 102 Å². The first-order valence-electron chi connectivity index (χ1n) is 27.2. The molecule has 0 aromatic carbocycles. The molecule has 0 radical (unpaired) electrons. The number of unbranched alkanes of at least 4 members (excludes halogenated alkanes) is 34. The minimum absolute atomic E-state index is 0.0452. The van der Waals surface area contributed by atoms with Gasteiger partial charge in [0, 0.05) is 19.3 Å². The zero-order valence-corrected chi connectivity index (χ0v) is 42.5. The van der Waals surface area contributed by atoms with Crippen molar-refractivity contribution in [1.82, 2.24) is 0 Å². The zero-order valence-electron chi connectivity index (χ0n) is 42.5. The van der Waals surface area contributed by atoms with Crippen LogP contribution in [0.15, 0.2) is 12.2 Å². The Kier molecular flexibility index (Phi) is 45.2. The SMILES string of the molecule is CCCCCCCC/C=C/CCCCCCCCCC(=O)OC(COCCC(C(=O)[O-])[N+](C)(C)C)COC(=O)CCCCCCCCCCCCCCCCCCCCCCCC. The van der Waals surface area contributed by atoms with Crippen molar-refractivity contribution in [2.24, 2.45) is 0 Å². The summed E-state index contributed by atoms with van der Waals surface area (Å²) in [6.45, 7) is 4.71. The lowest BCUT2D eigenvalue weighted by atomic mass is 10.0. The fourth-order valence-electron chi connectivity index (χ4n) is 8.42. The van der Waals surface area contributed by atoms with Gasteiger partial charge < -0.3 is 28.6 Å². The summed E-state index contributed by atoms with van der Waals surface area (Å²) in [5.41, 5.74) is 0. The van der Waals surface area contributed by atoms with Crippen molar-refractivity contribution in [3.63, 3.8) is 0 Å². The van der Waals surface area contributed by atoms with Crippen LogP contribution < -0.4 is 5.11 Å². The average Bonchev–Trinajstić information content (AvgIpc) is 3.24. The number of carbonyl (C=O) groups excluding carboxylic acids is 3. The van der Waals surface area contributed by atoms with Gasteiger partial charge in [-0.15, -0.1) is 0 Å². The Morgan fingerprint density at radius 2 is 0.794 bits per heavy atom. The van der Waals surface area contributed by atoms with Gasteiger partial charge in [0.2, 0.25) is 0 Å². The Balaban J connectivity index is 4.15. The number of aliphatic carboxylic acids is 1. The van der Waals surface area contributed by atoms with Gasteiger partial charge in [-0.2, -0.15) is 0 Å². The molecule has 0 spiro atoms. The Bertz CT molecular complexity index is 1040. The number of nitrogens with zero attached hydrogens (tertiary/aromatic N) is 1. The van der Waals surface area contributed by atoms with E-state index < -0.39 is 18.1 Å². The van der Waals surface area contributed by atoms with Gasteiger partial charge >= 0.3 is 11.9 Å². The molecule has 0 aromatic heterocycles. The van der Waals surface area contributed by atoms with E-state index in [0.717, 1.165) is 38.5 Å². The van der Waals surface area contributed by atoms with Gasteiger partial charge in [0.05, 0.1) is 40.3 Å². The second-order valence-electron chi connectivity index (χ2n) is 19.8. The molecule has 0 saturated heterocycles. The van der Waals surface area contributed by atoms with Crippen LogP contribution in [0.1, 0.15) is 271 Å². The maximum Gasteiger partial charge on any atom is 0.306 e. The van der Waals surface area contributed by atoms with Crippen molar-refractivity contribution in [2.75, 3.05) is 41.0 Å². The van der Waals surface area contributed by atoms with Crippen LogP contribution in [0.3, 0.4) is 0 Å². The standard InChI is InChI=1S/C55H105NO7/c1-6-8-10-12-14-16-18-20-22-24-25-26-27-28-30-31-33-35-37-39-41-43-45-53(57)62-50-51(49-61-48-47-52(55(59)60)56(3,4)5)63-54(58)46-44-42-40-38-36-34-32-29-23-21-19-17-15-13-11-9-7-2/h21,23,51-52H,6-20,22,24-50H2,1-5H3/b23-21+. The highest BCUT2D eigenvalue weighted by atomic mass is 16.6. The van der Waals surface area contributed by atoms with Crippen molar-refractivity contribution in [2.45, 2.75) is 283 Å². The van der Waals surface area contributed by atoms with Crippen molar-refractivity contribution in [3.8, 4) is 0 Å². The highest BCUT2D eigenvalue weighted by molar-refractivity contribution is 5.70. The van der Waals surface area contributed by atoms with E-state index in [2.05, 4.69) is 26.0 Å². The van der Waals surface area contributed by atoms with E-state index in [4.69, 9.17) is 14.2 Å². The predicted octanol–water partition coefficient (Wildman–Crippen LogP) is 14.5. The molecule has 0 aliphatic carbocycles. The van der Waals surface area contributed by atoms with Gasteiger partial charge in [0.15, 0.2) is 6.10 Å². The summed E-state index contributed by atoms with van der Waals surface area (Å²) in [4.78, 5) is 37.1. The Labute approximate surface area is 390 Å². The van der Waals surface area contributed by atoms with Crippen molar-refractivity contribution < 1.29 is 38.2 Å². The van der Waals surface area contributed by atoms with E-state index in [1.807, 2.05) is 21.1 Å². The number of quaternary nitrogens is 1. The van der Waals surface area contributed by atoms with E-state index in [1.165, 1.54) is 199 Å². The maximum absolute atomic E-state index is 12.8. The van der Waals surface area contributed by atoms with E-state index in [0.29, 0.717) is 12.8 Å². The lowest BCUT2D eigenvalue weighted by Gasteiger charge is -2.34. The number of hydrogen-bond donors (Lipinski definition) is 0. The highest BCUT2D eigenvalue weighted by Gasteiger charge is 2.25. The normalized spacial score (nSPS) is 12.8. The molecule has 0 amide bonds. The molecule has 0 fully saturated rings. The third kappa shape index (κ3) is 45.0. The van der Waals surface area contributed by atoms with E-state index in [9.17, 15) is 19.5 Å². The highest BCUT2D eigenvalue weighted by Crippen LogP contribution is 2.17. The fraction of sp³-hybridized carbons (Fsp3) is 0.909. The third-order valence-electron chi connectivity index (χ3n) is 12.7. The number of likely N-dealkylation sites (N-methyl/N-ethyl adjacent to an activating group) is 1. The number of carbonyl (C=O) groups is 3. The van der Waals surface area contributed by atoms with Crippen LogP contribution >= 0.6 is 0 Å². The smallest absolute Gasteiger partial charge is 0.306 e. The van der Waals surface area contributed by atoms with Crippen LogP contribution in [0.25, 0.3) is 0 Å². The maximum atomic E-state index is 12.8. The molecule has 8 nitrogen and oxygen atoms in total. The van der Waals surface area contributed by atoms with Gasteiger partial charge in [0.1, 0.15) is 12.6 Å². The molecule has 0 saturated carbocycles. The molecule has 8 heteroatoms. The van der Waals surface area contributed by atoms with Gasteiger partial charge in [-0.1, -0.05) is 225 Å². The number of carboxylic acid groups (broad SMARTS) is 1. The van der Waals surface area contributed by atoms with Crippen LogP contribution in [0.5, 0.6) is 0 Å². The van der Waals surface area contributed by atoms with Crippen molar-refractivity contribution in [1.29, 1.82) is 0 Å². The molecule has 0 aromatic rings. The second-order valence-corrected chi connectivity index (χ2v) is 19.8. The lowest BCUT2D eigenvalue weighted by molar-refractivity contribution is -0.889. The molecule has 0 rings (SSSR count). The largest absolute Gasteiger partial charge is 0.544 e. The van der Waals surface area contributed by atoms with E-state index in [-0.39, 0.29) is 42.7 Å². The average molecular weight is 892 g/mol. The third-order valence-corrected chi connectivity index (χ3v) is 12.7. The summed E-state index contributed by atoms with van der Waals surface area (Å²) in [7, 11) is 5.43. The Hall–Kier alpha value is -1.93. The molecule has 2 atom stereocenters. The molecule has 0 heterocycles. The summed E-state index contributed by atoms with van der Waals surface area (Å²) < 4.78 is 17.3. The summed E-state index contributed by atoms with van der Waals surface area (Å²) in [5, 5.41) is 11.7. The minimum Gasteiger partial charge on any atom is -0.544 e. The summed E-state index contributed by atoms with van der Waals surface area (Å²) in [5.74, 6) is -1.72. The molecule has 372 valence electrons. The van der Waals surface area contributed by atoms with Gasteiger partial charge in [-0.3, -0.25) is 9.59 Å². The molecule has 0 bridgehead atoms. The monoisotopic (exact) mass is 892 g/mol. The summed E-state index contributed by atoms with van der Waals surface area (Å²) in [6.07, 6.45) is 52.5. The number of carboxylic acids is 1. The number of esters is 2. The lowest BCUT2D eigenvalue weighted by Crippen LogP contribution is -2.55. The molecule has 2 unspecified atom stereocenters. The van der Waals surface area contributed by atoms with Gasteiger partial charge in [-0.05, 0) is 38.5 Å². The molecular formula is C55H105NO7. The number of allylic oxidation sites excluding steroid dienone is 2. The molecule has 0 aliphatic heterocycles. The van der Waals surface area contributed by atoms with Crippen LogP contribution in [-0.2, 0) is 28.6 Å². The number of hydrogen-bond acceptors (Lipinski definition) is 7. The Morgan fingerprint density at radius 3 is 1.14 bits per heavy atom. The molecule has 0 N–H and O–H groups in total. The molecular weight excluding hydrogens is 787 g/mol. The first-order chi connectivity index (χ1) is 30.6. The van der Waals surface area contributed by atoms with Crippen LogP contribution in [0.4, 0.5) is 0 Å². The van der Waals surface area contributed by atoms with Gasteiger partial charge in [0.25, 0.3) is 0 Å². The summed E-state index contributed by atoms with van der Waals surface area (Å²) >= 11 is 0. The van der Waals surface area contributed by atoms with Crippen LogP contribution in [-0.4, -0.2) is 75.5 Å². The first-order valence-corrected chi connectivity index (χ1v) is 27.2. The number of ether oxygens (including phenoxy) is 3. The Morgan fingerprint density at radius 1 is 0.460 bits per heavy atom. The predicted molar refractivity (Wildman–Crippen MR) is 264 cm³/mol. The van der Waals surface area contributed by atoms with Crippen molar-refractivity contribution in [3.05, 3.63) is 12.2 Å². The number of rotatable bonds is 50. The fourth-order valence-corrected chi connectivity index (χ4v) is 8.42. The first kappa shape index (κ1) is 61.1. The van der Waals surface area contributed by atoms with Crippen LogP contribution in [0.2, 0.25) is 0 Å².